The van der Waals surface area contributed by atoms with Crippen molar-refractivity contribution in [1.82, 2.24) is 15.3 Å². The van der Waals surface area contributed by atoms with E-state index >= 15 is 0 Å². The third kappa shape index (κ3) is 6.43. The van der Waals surface area contributed by atoms with Crippen LogP contribution >= 0.6 is 0 Å². The molecule has 238 valence electrons. The van der Waals surface area contributed by atoms with E-state index in [0.717, 1.165) is 44.1 Å². The van der Waals surface area contributed by atoms with Crippen LogP contribution in [0.15, 0.2) is 133 Å². The number of carbonyl (C=O) groups is 3. The van der Waals surface area contributed by atoms with E-state index in [-0.39, 0.29) is 18.0 Å². The number of aromatic nitrogens is 1. The fraction of sp³-hybridized carbons (Fsp3) is 0.128. The number of esters is 1. The van der Waals surface area contributed by atoms with Crippen molar-refractivity contribution >= 4 is 45.2 Å². The molecule has 2 N–H and O–H groups in total. The highest BCUT2D eigenvalue weighted by molar-refractivity contribution is 6.05. The molecule has 1 aromatic heterocycles. The lowest BCUT2D eigenvalue weighted by atomic mass is 9.97. The number of H-pyrrole nitrogens is 1. The van der Waals surface area contributed by atoms with Crippen LogP contribution in [0, 0.1) is 5.82 Å². The predicted octanol–water partition coefficient (Wildman–Crippen LogP) is 6.72. The molecule has 2 heterocycles. The molecule has 5 aromatic carbocycles. The first-order valence-corrected chi connectivity index (χ1v) is 15.6. The molecular weight excluding hydrogens is 607 g/mol. The molecule has 0 aliphatic carbocycles. The number of carbonyl (C=O) groups excluding carboxylic acids is 3. The van der Waals surface area contributed by atoms with Gasteiger partial charge in [0.15, 0.2) is 6.61 Å². The maximum absolute atomic E-state index is 13.7. The standard InChI is InChI=1S/C39H31FN4O4/c40-31-18-16-27(17-19-31)38(46)42-35(21-30-23-41-33-13-7-6-12-32(30)33)39(47)48-24-37(45)44-36(26-9-2-1-3-10-26)22-34(43-44)29-15-14-25-8-4-5-11-28(25)20-29/h1-20,23,35-36,41H,21-22,24H2,(H,42,46). The molecule has 6 aromatic rings. The molecule has 0 saturated carbocycles. The van der Waals surface area contributed by atoms with Gasteiger partial charge in [0.25, 0.3) is 11.8 Å². The second-order valence-electron chi connectivity index (χ2n) is 11.7. The molecular formula is C39H31FN4O4. The summed E-state index contributed by atoms with van der Waals surface area (Å²) in [5.74, 6) is -2.33. The maximum atomic E-state index is 13.7. The molecule has 0 fully saturated rings. The Bertz CT molecular complexity index is 2160. The summed E-state index contributed by atoms with van der Waals surface area (Å²) in [4.78, 5) is 43.6. The summed E-state index contributed by atoms with van der Waals surface area (Å²) >= 11 is 0. The van der Waals surface area contributed by atoms with Crippen LogP contribution in [-0.2, 0) is 20.7 Å². The third-order valence-corrected chi connectivity index (χ3v) is 8.57. The molecule has 2 atom stereocenters. The summed E-state index contributed by atoms with van der Waals surface area (Å²) in [6.07, 6.45) is 2.36. The van der Waals surface area contributed by atoms with E-state index in [9.17, 15) is 18.8 Å². The largest absolute Gasteiger partial charge is 0.454 e. The average Bonchev–Trinajstić information content (AvgIpc) is 3.76. The zero-order valence-corrected chi connectivity index (χ0v) is 25.8. The van der Waals surface area contributed by atoms with Crippen molar-refractivity contribution in [3.05, 3.63) is 156 Å². The Morgan fingerprint density at radius 3 is 2.42 bits per heavy atom. The molecule has 8 nitrogen and oxygen atoms in total. The number of rotatable bonds is 9. The lowest BCUT2D eigenvalue weighted by Crippen LogP contribution is -2.44. The number of benzene rings is 5. The number of ether oxygens (including phenoxy) is 1. The molecule has 0 radical (unpaired) electrons. The van der Waals surface area contributed by atoms with E-state index in [4.69, 9.17) is 9.84 Å². The van der Waals surface area contributed by atoms with Crippen LogP contribution in [0.5, 0.6) is 0 Å². The molecule has 0 bridgehead atoms. The summed E-state index contributed by atoms with van der Waals surface area (Å²) in [7, 11) is 0. The molecule has 1 aliphatic heterocycles. The zero-order chi connectivity index (χ0) is 33.0. The van der Waals surface area contributed by atoms with Gasteiger partial charge in [-0.3, -0.25) is 9.59 Å². The van der Waals surface area contributed by atoms with Crippen molar-refractivity contribution in [2.75, 3.05) is 6.61 Å². The number of halogens is 1. The van der Waals surface area contributed by atoms with Crippen molar-refractivity contribution in [1.29, 1.82) is 0 Å². The highest BCUT2D eigenvalue weighted by atomic mass is 19.1. The first-order chi connectivity index (χ1) is 23.4. The predicted molar refractivity (Wildman–Crippen MR) is 182 cm³/mol. The van der Waals surface area contributed by atoms with Gasteiger partial charge in [-0.15, -0.1) is 0 Å². The van der Waals surface area contributed by atoms with Gasteiger partial charge in [-0.05, 0) is 63.9 Å². The van der Waals surface area contributed by atoms with Crippen molar-refractivity contribution < 1.29 is 23.5 Å². The Hall–Kier alpha value is -6.09. The van der Waals surface area contributed by atoms with Gasteiger partial charge in [0, 0.05) is 35.5 Å². The Morgan fingerprint density at radius 1 is 0.875 bits per heavy atom. The molecule has 0 spiro atoms. The Morgan fingerprint density at radius 2 is 1.60 bits per heavy atom. The summed E-state index contributed by atoms with van der Waals surface area (Å²) < 4.78 is 19.1. The minimum Gasteiger partial charge on any atom is -0.454 e. The molecule has 2 unspecified atom stereocenters. The number of amides is 2. The number of para-hydroxylation sites is 1. The first-order valence-electron chi connectivity index (χ1n) is 15.6. The average molecular weight is 639 g/mol. The normalized spacial score (nSPS) is 14.9. The lowest BCUT2D eigenvalue weighted by Gasteiger charge is -2.23. The summed E-state index contributed by atoms with van der Waals surface area (Å²) in [5.41, 5.74) is 4.40. The Kier molecular flexibility index (Phi) is 8.49. The number of hydrazone groups is 1. The van der Waals surface area contributed by atoms with Gasteiger partial charge < -0.3 is 15.0 Å². The van der Waals surface area contributed by atoms with Gasteiger partial charge in [-0.2, -0.15) is 5.10 Å². The molecule has 2 amide bonds. The molecule has 9 heteroatoms. The van der Waals surface area contributed by atoms with E-state index in [1.807, 2.05) is 91.0 Å². The quantitative estimate of drug-likeness (QED) is 0.172. The molecule has 1 aliphatic rings. The summed E-state index contributed by atoms with van der Waals surface area (Å²) in [6, 6.07) is 34.8. The first kappa shape index (κ1) is 30.6. The van der Waals surface area contributed by atoms with Gasteiger partial charge in [-0.1, -0.05) is 84.9 Å². The number of hydrogen-bond acceptors (Lipinski definition) is 5. The fourth-order valence-corrected chi connectivity index (χ4v) is 6.07. The molecule has 0 saturated heterocycles. The van der Waals surface area contributed by atoms with Crippen LogP contribution in [0.3, 0.4) is 0 Å². The number of nitrogens with zero attached hydrogens (tertiary/aromatic N) is 2. The minimum atomic E-state index is -1.13. The van der Waals surface area contributed by atoms with E-state index in [0.29, 0.717) is 6.42 Å². The van der Waals surface area contributed by atoms with E-state index < -0.39 is 36.2 Å². The zero-order valence-electron chi connectivity index (χ0n) is 25.8. The van der Waals surface area contributed by atoms with Crippen LogP contribution in [0.1, 0.15) is 39.5 Å². The summed E-state index contributed by atoms with van der Waals surface area (Å²) in [5, 5.41) is 11.9. The smallest absolute Gasteiger partial charge is 0.329 e. The van der Waals surface area contributed by atoms with Gasteiger partial charge >= 0.3 is 5.97 Å². The molecule has 7 rings (SSSR count). The van der Waals surface area contributed by atoms with E-state index in [2.05, 4.69) is 16.4 Å². The van der Waals surface area contributed by atoms with Crippen molar-refractivity contribution in [2.45, 2.75) is 24.9 Å². The van der Waals surface area contributed by atoms with Crippen molar-refractivity contribution in [3.63, 3.8) is 0 Å². The number of aromatic amines is 1. The van der Waals surface area contributed by atoms with Gasteiger partial charge in [0.1, 0.15) is 11.9 Å². The maximum Gasteiger partial charge on any atom is 0.329 e. The Balaban J connectivity index is 1.12. The fourth-order valence-electron chi connectivity index (χ4n) is 6.07. The van der Waals surface area contributed by atoms with Crippen molar-refractivity contribution in [2.24, 2.45) is 5.10 Å². The van der Waals surface area contributed by atoms with E-state index in [1.54, 1.807) is 6.20 Å². The van der Waals surface area contributed by atoms with Crippen LogP contribution in [-0.4, -0.2) is 46.1 Å². The number of nitrogens with one attached hydrogen (secondary N) is 2. The van der Waals surface area contributed by atoms with Gasteiger partial charge in [0.05, 0.1) is 11.8 Å². The number of fused-ring (bicyclic) bond motifs is 2. The highest BCUT2D eigenvalue weighted by Gasteiger charge is 2.34. The van der Waals surface area contributed by atoms with Crippen LogP contribution in [0.4, 0.5) is 4.39 Å². The van der Waals surface area contributed by atoms with Crippen LogP contribution in [0.2, 0.25) is 0 Å². The minimum absolute atomic E-state index is 0.102. The van der Waals surface area contributed by atoms with Crippen LogP contribution in [0.25, 0.3) is 21.7 Å². The summed E-state index contributed by atoms with van der Waals surface area (Å²) in [6.45, 7) is -0.576. The molecule has 48 heavy (non-hydrogen) atoms. The second-order valence-corrected chi connectivity index (χ2v) is 11.7. The van der Waals surface area contributed by atoms with Crippen molar-refractivity contribution in [3.8, 4) is 0 Å². The SMILES string of the molecule is O=C(NC(Cc1c[nH]c2ccccc12)C(=O)OCC(=O)N1N=C(c2ccc3ccccc3c2)CC1c1ccccc1)c1ccc(F)cc1. The Labute approximate surface area is 275 Å². The lowest BCUT2D eigenvalue weighted by molar-refractivity contribution is -0.154. The topological polar surface area (TPSA) is 104 Å². The van der Waals surface area contributed by atoms with Gasteiger partial charge in [-0.25, -0.2) is 14.2 Å². The number of hydrogen-bond donors (Lipinski definition) is 2. The van der Waals surface area contributed by atoms with Gasteiger partial charge in [0.2, 0.25) is 0 Å². The second kappa shape index (κ2) is 13.3. The third-order valence-electron chi connectivity index (χ3n) is 8.57. The van der Waals surface area contributed by atoms with E-state index in [1.165, 1.54) is 29.3 Å². The highest BCUT2D eigenvalue weighted by Crippen LogP contribution is 2.33. The van der Waals surface area contributed by atoms with Crippen LogP contribution < -0.4 is 5.32 Å². The monoisotopic (exact) mass is 638 g/mol.